The van der Waals surface area contributed by atoms with Gasteiger partial charge in [0.05, 0.1) is 23.6 Å². The monoisotopic (exact) mass is 487 g/mol. The lowest BCUT2D eigenvalue weighted by atomic mass is 9.94. The average Bonchev–Trinajstić information content (AvgIpc) is 3.08. The molecule has 0 aliphatic carbocycles. The third kappa shape index (κ3) is 4.75. The molecule has 1 heterocycles. The SMILES string of the molecule is CCOc1ccc(N2C(=O)CC(N(C(=O)c3ccc(Cl)c([N+](=O)[O-])c3)C(C)(C)CC)C2=O)cc1. The summed E-state index contributed by atoms with van der Waals surface area (Å²) in [5.74, 6) is -0.958. The molecule has 3 rings (SSSR count). The molecule has 2 aromatic rings. The summed E-state index contributed by atoms with van der Waals surface area (Å²) < 4.78 is 5.41. The van der Waals surface area contributed by atoms with Gasteiger partial charge in [-0.05, 0) is 63.6 Å². The molecule has 2 aromatic carbocycles. The minimum atomic E-state index is -1.06. The number of nitrogens with zero attached hydrogens (tertiary/aromatic N) is 3. The van der Waals surface area contributed by atoms with Crippen molar-refractivity contribution in [1.82, 2.24) is 4.90 Å². The number of halogens is 1. The number of nitro benzene ring substituents is 1. The van der Waals surface area contributed by atoms with E-state index in [4.69, 9.17) is 16.3 Å². The molecule has 0 spiro atoms. The van der Waals surface area contributed by atoms with Crippen LogP contribution in [-0.2, 0) is 9.59 Å². The molecule has 1 aliphatic rings. The second-order valence-electron chi connectivity index (χ2n) is 8.48. The van der Waals surface area contributed by atoms with E-state index in [0.29, 0.717) is 24.5 Å². The van der Waals surface area contributed by atoms with E-state index < -0.39 is 39.9 Å². The van der Waals surface area contributed by atoms with Gasteiger partial charge in [0.15, 0.2) is 0 Å². The standard InChI is InChI=1S/C24H26ClN3O6/c1-5-24(3,4)27(22(30)15-7-12-18(25)19(13-15)28(32)33)20-14-21(29)26(23(20)31)16-8-10-17(11-9-16)34-6-2/h7-13,20H,5-6,14H2,1-4H3. The zero-order chi connectivity index (χ0) is 25.2. The largest absolute Gasteiger partial charge is 0.494 e. The normalized spacial score (nSPS) is 16.0. The van der Waals surface area contributed by atoms with Gasteiger partial charge < -0.3 is 9.64 Å². The Bertz CT molecular complexity index is 1130. The number of hydrogen-bond donors (Lipinski definition) is 0. The number of hydrogen-bond acceptors (Lipinski definition) is 6. The lowest BCUT2D eigenvalue weighted by Crippen LogP contribution is -2.55. The molecule has 1 saturated heterocycles. The summed E-state index contributed by atoms with van der Waals surface area (Å²) in [6, 6.07) is 9.24. The van der Waals surface area contributed by atoms with Crippen molar-refractivity contribution in [3.8, 4) is 5.75 Å². The number of anilines is 1. The van der Waals surface area contributed by atoms with Crippen molar-refractivity contribution in [3.05, 3.63) is 63.2 Å². The van der Waals surface area contributed by atoms with Crippen molar-refractivity contribution in [1.29, 1.82) is 0 Å². The predicted molar refractivity (Wildman–Crippen MR) is 127 cm³/mol. The summed E-state index contributed by atoms with van der Waals surface area (Å²) in [6.07, 6.45) is 0.284. The van der Waals surface area contributed by atoms with Crippen LogP contribution >= 0.6 is 11.6 Å². The molecule has 1 fully saturated rings. The van der Waals surface area contributed by atoms with Gasteiger partial charge in [-0.3, -0.25) is 24.5 Å². The van der Waals surface area contributed by atoms with Crippen LogP contribution in [0.4, 0.5) is 11.4 Å². The maximum Gasteiger partial charge on any atom is 0.288 e. The van der Waals surface area contributed by atoms with Crippen molar-refractivity contribution in [2.75, 3.05) is 11.5 Å². The van der Waals surface area contributed by atoms with Gasteiger partial charge in [0.25, 0.3) is 17.5 Å². The highest BCUT2D eigenvalue weighted by molar-refractivity contribution is 6.32. The van der Waals surface area contributed by atoms with Crippen molar-refractivity contribution < 1.29 is 24.0 Å². The highest BCUT2D eigenvalue weighted by Gasteiger charge is 2.48. The number of carbonyl (C=O) groups is 3. The summed E-state index contributed by atoms with van der Waals surface area (Å²) in [7, 11) is 0. The van der Waals surface area contributed by atoms with Crippen LogP contribution in [0.25, 0.3) is 0 Å². The van der Waals surface area contributed by atoms with Crippen LogP contribution in [0.3, 0.4) is 0 Å². The number of ether oxygens (including phenoxy) is 1. The van der Waals surface area contributed by atoms with E-state index in [1.807, 2.05) is 13.8 Å². The Balaban J connectivity index is 1.99. The van der Waals surface area contributed by atoms with Gasteiger partial charge in [0, 0.05) is 17.2 Å². The van der Waals surface area contributed by atoms with Crippen molar-refractivity contribution >= 4 is 40.7 Å². The second-order valence-corrected chi connectivity index (χ2v) is 8.89. The Morgan fingerprint density at radius 3 is 2.41 bits per heavy atom. The molecule has 34 heavy (non-hydrogen) atoms. The van der Waals surface area contributed by atoms with Crippen LogP contribution in [0, 0.1) is 10.1 Å². The third-order valence-corrected chi connectivity index (χ3v) is 6.29. The predicted octanol–water partition coefficient (Wildman–Crippen LogP) is 4.61. The molecular weight excluding hydrogens is 462 g/mol. The fourth-order valence-corrected chi connectivity index (χ4v) is 4.07. The van der Waals surface area contributed by atoms with Crippen molar-refractivity contribution in [2.45, 2.75) is 52.1 Å². The van der Waals surface area contributed by atoms with Crippen LogP contribution in [0.5, 0.6) is 5.75 Å². The fourth-order valence-electron chi connectivity index (χ4n) is 3.88. The summed E-state index contributed by atoms with van der Waals surface area (Å²) in [5, 5.41) is 11.2. The van der Waals surface area contributed by atoms with Crippen LogP contribution in [-0.4, -0.2) is 45.7 Å². The summed E-state index contributed by atoms with van der Waals surface area (Å²) in [5.41, 5.74) is -0.838. The first-order chi connectivity index (χ1) is 16.0. The number of amides is 3. The number of rotatable bonds is 8. The molecule has 180 valence electrons. The topological polar surface area (TPSA) is 110 Å². The third-order valence-electron chi connectivity index (χ3n) is 5.97. The van der Waals surface area contributed by atoms with Gasteiger partial charge in [0.2, 0.25) is 5.91 Å². The number of imide groups is 1. The zero-order valence-corrected chi connectivity index (χ0v) is 20.2. The van der Waals surface area contributed by atoms with Crippen molar-refractivity contribution in [2.24, 2.45) is 0 Å². The van der Waals surface area contributed by atoms with Crippen LogP contribution < -0.4 is 9.64 Å². The molecule has 1 atom stereocenters. The molecule has 0 aromatic heterocycles. The van der Waals surface area contributed by atoms with E-state index in [1.165, 1.54) is 17.0 Å². The highest BCUT2D eigenvalue weighted by Crippen LogP contribution is 2.34. The number of carbonyl (C=O) groups excluding carboxylic acids is 3. The number of benzene rings is 2. The molecule has 0 saturated carbocycles. The van der Waals surface area contributed by atoms with Gasteiger partial charge in [-0.25, -0.2) is 4.90 Å². The molecular formula is C24H26ClN3O6. The Kier molecular flexibility index (Phi) is 7.26. The van der Waals surface area contributed by atoms with E-state index in [0.717, 1.165) is 11.0 Å². The summed E-state index contributed by atoms with van der Waals surface area (Å²) in [6.45, 7) is 7.76. The van der Waals surface area contributed by atoms with Gasteiger partial charge in [-0.2, -0.15) is 0 Å². The molecule has 10 heteroatoms. The lowest BCUT2D eigenvalue weighted by molar-refractivity contribution is -0.384. The fraction of sp³-hybridized carbons (Fsp3) is 0.375. The first-order valence-corrected chi connectivity index (χ1v) is 11.3. The molecule has 9 nitrogen and oxygen atoms in total. The van der Waals surface area contributed by atoms with Crippen LogP contribution in [0.1, 0.15) is 50.9 Å². The van der Waals surface area contributed by atoms with E-state index >= 15 is 0 Å². The summed E-state index contributed by atoms with van der Waals surface area (Å²) in [4.78, 5) is 53.0. The number of nitro groups is 1. The first kappa shape index (κ1) is 25.2. The van der Waals surface area contributed by atoms with Gasteiger partial charge >= 0.3 is 0 Å². The second kappa shape index (κ2) is 9.80. The van der Waals surface area contributed by atoms with Crippen molar-refractivity contribution in [3.63, 3.8) is 0 Å². The first-order valence-electron chi connectivity index (χ1n) is 10.9. The molecule has 0 N–H and O–H groups in total. The highest BCUT2D eigenvalue weighted by atomic mass is 35.5. The Morgan fingerprint density at radius 1 is 1.21 bits per heavy atom. The molecule has 0 radical (unpaired) electrons. The quantitative estimate of drug-likeness (QED) is 0.305. The maximum atomic E-state index is 13.6. The minimum absolute atomic E-state index is 0.0115. The van der Waals surface area contributed by atoms with E-state index in [2.05, 4.69) is 0 Å². The van der Waals surface area contributed by atoms with Gasteiger partial charge in [-0.15, -0.1) is 0 Å². The molecule has 1 unspecified atom stereocenters. The van der Waals surface area contributed by atoms with Gasteiger partial charge in [0.1, 0.15) is 16.8 Å². The van der Waals surface area contributed by atoms with Gasteiger partial charge in [-0.1, -0.05) is 18.5 Å². The minimum Gasteiger partial charge on any atom is -0.494 e. The Hall–Kier alpha value is -3.46. The zero-order valence-electron chi connectivity index (χ0n) is 19.4. The van der Waals surface area contributed by atoms with E-state index in [1.54, 1.807) is 38.1 Å². The Morgan fingerprint density at radius 2 is 1.85 bits per heavy atom. The van der Waals surface area contributed by atoms with E-state index in [9.17, 15) is 24.5 Å². The van der Waals surface area contributed by atoms with Crippen LogP contribution in [0.2, 0.25) is 5.02 Å². The molecule has 3 amide bonds. The maximum absolute atomic E-state index is 13.6. The van der Waals surface area contributed by atoms with E-state index in [-0.39, 0.29) is 17.0 Å². The smallest absolute Gasteiger partial charge is 0.288 e. The lowest BCUT2D eigenvalue weighted by Gasteiger charge is -2.41. The molecule has 1 aliphatic heterocycles. The molecule has 0 bridgehead atoms. The summed E-state index contributed by atoms with van der Waals surface area (Å²) >= 11 is 5.90. The van der Waals surface area contributed by atoms with Crippen LogP contribution in [0.15, 0.2) is 42.5 Å². The Labute approximate surface area is 202 Å². The average molecular weight is 488 g/mol.